The van der Waals surface area contributed by atoms with E-state index in [0.29, 0.717) is 23.5 Å². The molecule has 0 saturated carbocycles. The third kappa shape index (κ3) is 7.18. The molecule has 35 heavy (non-hydrogen) atoms. The van der Waals surface area contributed by atoms with Crippen molar-refractivity contribution < 1.29 is 31.6 Å². The van der Waals surface area contributed by atoms with E-state index in [4.69, 9.17) is 4.42 Å². The maximum absolute atomic E-state index is 13.3. The van der Waals surface area contributed by atoms with Crippen molar-refractivity contribution in [3.63, 3.8) is 0 Å². The molecule has 3 rings (SSSR count). The lowest BCUT2D eigenvalue weighted by Crippen LogP contribution is -2.42. The molecule has 0 spiro atoms. The molecule has 0 unspecified atom stereocenters. The molecular weight excluding hydrogens is 464 g/mol. The van der Waals surface area contributed by atoms with Crippen LogP contribution >= 0.6 is 0 Å². The number of carbonyl (C=O) groups is 2. The Kier molecular flexibility index (Phi) is 8.32. The third-order valence-electron chi connectivity index (χ3n) is 5.33. The van der Waals surface area contributed by atoms with E-state index < -0.39 is 29.4 Å². The van der Waals surface area contributed by atoms with Crippen LogP contribution < -0.4 is 0 Å². The van der Waals surface area contributed by atoms with Crippen LogP contribution in [0.1, 0.15) is 46.3 Å². The van der Waals surface area contributed by atoms with Gasteiger partial charge in [0.25, 0.3) is 5.91 Å². The first kappa shape index (κ1) is 26.0. The predicted molar refractivity (Wildman–Crippen MR) is 122 cm³/mol. The summed E-state index contributed by atoms with van der Waals surface area (Å²) in [6.45, 7) is 3.68. The van der Waals surface area contributed by atoms with Crippen LogP contribution in [-0.4, -0.2) is 34.7 Å². The largest absolute Gasteiger partial charge is 0.464 e. The summed E-state index contributed by atoms with van der Waals surface area (Å²) in [6.07, 6.45) is -4.08. The van der Waals surface area contributed by atoms with Gasteiger partial charge >= 0.3 is 6.18 Å². The Labute approximate surface area is 200 Å². The molecule has 0 fully saturated rings. The minimum atomic E-state index is -4.59. The normalized spacial score (nSPS) is 11.4. The number of carbonyl (C=O) groups excluding carboxylic acids is 2. The molecule has 1 heterocycles. The molecule has 2 aromatic carbocycles. The van der Waals surface area contributed by atoms with Crippen molar-refractivity contribution in [1.29, 1.82) is 0 Å². The van der Waals surface area contributed by atoms with Crippen molar-refractivity contribution >= 4 is 11.8 Å². The molecule has 0 radical (unpaired) electrons. The number of alkyl halides is 3. The summed E-state index contributed by atoms with van der Waals surface area (Å²) in [5.41, 5.74) is -0.403. The monoisotopic (exact) mass is 490 g/mol. The van der Waals surface area contributed by atoms with Gasteiger partial charge in [-0.1, -0.05) is 25.1 Å². The Morgan fingerprint density at radius 1 is 0.943 bits per heavy atom. The van der Waals surface area contributed by atoms with Gasteiger partial charge in [0, 0.05) is 18.7 Å². The van der Waals surface area contributed by atoms with Gasteiger partial charge in [-0.05, 0) is 61.4 Å². The molecule has 9 heteroatoms. The number of aryl methyl sites for hydroxylation is 1. The lowest BCUT2D eigenvalue weighted by molar-refractivity contribution is -0.137. The molecule has 1 aromatic heterocycles. The van der Waals surface area contributed by atoms with E-state index in [-0.39, 0.29) is 31.7 Å². The van der Waals surface area contributed by atoms with Crippen LogP contribution in [-0.2, 0) is 24.1 Å². The van der Waals surface area contributed by atoms with Gasteiger partial charge in [0.05, 0.1) is 12.1 Å². The minimum Gasteiger partial charge on any atom is -0.464 e. The topological polar surface area (TPSA) is 53.8 Å². The van der Waals surface area contributed by atoms with Gasteiger partial charge in [-0.2, -0.15) is 13.2 Å². The summed E-state index contributed by atoms with van der Waals surface area (Å²) in [7, 11) is 0. The van der Waals surface area contributed by atoms with Crippen LogP contribution in [0.3, 0.4) is 0 Å². The van der Waals surface area contributed by atoms with Gasteiger partial charge in [-0.15, -0.1) is 0 Å². The molecule has 3 aromatic rings. The van der Waals surface area contributed by atoms with Gasteiger partial charge in [0.1, 0.15) is 23.9 Å². The average Bonchev–Trinajstić information content (AvgIpc) is 3.23. The lowest BCUT2D eigenvalue weighted by Gasteiger charge is -2.27. The van der Waals surface area contributed by atoms with Crippen LogP contribution in [0.4, 0.5) is 17.6 Å². The number of hydrogen-bond acceptors (Lipinski definition) is 3. The highest BCUT2D eigenvalue weighted by Gasteiger charge is 2.31. The second kappa shape index (κ2) is 11.2. The van der Waals surface area contributed by atoms with Crippen molar-refractivity contribution in [3.8, 4) is 0 Å². The zero-order chi connectivity index (χ0) is 25.6. The fourth-order valence-electron chi connectivity index (χ4n) is 3.60. The van der Waals surface area contributed by atoms with E-state index >= 15 is 0 Å². The van der Waals surface area contributed by atoms with E-state index in [1.54, 1.807) is 38.1 Å². The van der Waals surface area contributed by atoms with E-state index in [0.717, 1.165) is 12.1 Å². The average molecular weight is 490 g/mol. The molecular formula is C26H26F4N2O3. The summed E-state index contributed by atoms with van der Waals surface area (Å²) < 4.78 is 58.3. The van der Waals surface area contributed by atoms with E-state index in [2.05, 4.69) is 0 Å². The number of nitrogens with zero attached hydrogens (tertiary/aromatic N) is 2. The Morgan fingerprint density at radius 2 is 1.66 bits per heavy atom. The first-order valence-corrected chi connectivity index (χ1v) is 11.1. The molecule has 0 saturated heterocycles. The van der Waals surface area contributed by atoms with Crippen molar-refractivity contribution in [3.05, 3.63) is 94.7 Å². The van der Waals surface area contributed by atoms with Crippen molar-refractivity contribution in [1.82, 2.24) is 9.80 Å². The van der Waals surface area contributed by atoms with Gasteiger partial charge in [0.2, 0.25) is 5.91 Å². The molecule has 2 amide bonds. The molecule has 186 valence electrons. The number of hydrogen-bond donors (Lipinski definition) is 0. The highest BCUT2D eigenvalue weighted by atomic mass is 19.4. The van der Waals surface area contributed by atoms with Crippen LogP contribution in [0.15, 0.2) is 65.1 Å². The fraction of sp³-hybridized carbons (Fsp3) is 0.308. The molecule has 0 atom stereocenters. The Morgan fingerprint density at radius 3 is 2.26 bits per heavy atom. The zero-order valence-electron chi connectivity index (χ0n) is 19.4. The molecule has 0 bridgehead atoms. The van der Waals surface area contributed by atoms with Crippen LogP contribution in [0.2, 0.25) is 0 Å². The standard InChI is InChI=1S/C26H26F4N2O3/c1-3-13-31(25(34)20-5-4-6-21(14-20)26(28,29)30)17-24(33)32(16-23-12-7-18(2)35-23)15-19-8-10-22(27)11-9-19/h4-12,14H,3,13,15-17H2,1-2H3. The van der Waals surface area contributed by atoms with Crippen LogP contribution in [0.5, 0.6) is 0 Å². The first-order chi connectivity index (χ1) is 16.6. The second-order valence-corrected chi connectivity index (χ2v) is 8.19. The minimum absolute atomic E-state index is 0.113. The smallest absolute Gasteiger partial charge is 0.416 e. The Hall–Kier alpha value is -3.62. The van der Waals surface area contributed by atoms with Crippen LogP contribution in [0, 0.1) is 12.7 Å². The summed E-state index contributed by atoms with van der Waals surface area (Å²) in [5.74, 6) is -0.293. The summed E-state index contributed by atoms with van der Waals surface area (Å²) in [6, 6.07) is 13.3. The summed E-state index contributed by atoms with van der Waals surface area (Å²) in [4.78, 5) is 29.1. The van der Waals surface area contributed by atoms with E-state index in [1.165, 1.54) is 34.1 Å². The second-order valence-electron chi connectivity index (χ2n) is 8.19. The molecule has 5 nitrogen and oxygen atoms in total. The fourth-order valence-corrected chi connectivity index (χ4v) is 3.60. The quantitative estimate of drug-likeness (QED) is 0.355. The van der Waals surface area contributed by atoms with Gasteiger partial charge < -0.3 is 14.2 Å². The van der Waals surface area contributed by atoms with Crippen molar-refractivity contribution in [2.75, 3.05) is 13.1 Å². The molecule has 0 N–H and O–H groups in total. The molecule has 0 aliphatic carbocycles. The van der Waals surface area contributed by atoms with Gasteiger partial charge in [0.15, 0.2) is 0 Å². The van der Waals surface area contributed by atoms with E-state index in [1.807, 2.05) is 0 Å². The van der Waals surface area contributed by atoms with Crippen molar-refractivity contribution in [2.45, 2.75) is 39.5 Å². The molecule has 0 aliphatic rings. The first-order valence-electron chi connectivity index (χ1n) is 11.1. The zero-order valence-corrected chi connectivity index (χ0v) is 19.4. The van der Waals surface area contributed by atoms with Crippen LogP contribution in [0.25, 0.3) is 0 Å². The highest BCUT2D eigenvalue weighted by Crippen LogP contribution is 2.29. The van der Waals surface area contributed by atoms with Crippen molar-refractivity contribution in [2.24, 2.45) is 0 Å². The maximum atomic E-state index is 13.3. The number of benzene rings is 2. The van der Waals surface area contributed by atoms with Gasteiger partial charge in [-0.25, -0.2) is 4.39 Å². The predicted octanol–water partition coefficient (Wildman–Crippen LogP) is 5.83. The summed E-state index contributed by atoms with van der Waals surface area (Å²) in [5, 5.41) is 0. The number of amides is 2. The number of furan rings is 1. The number of halogens is 4. The Bertz CT molecular complexity index is 1160. The molecule has 0 aliphatic heterocycles. The summed E-state index contributed by atoms with van der Waals surface area (Å²) >= 11 is 0. The number of rotatable bonds is 9. The lowest BCUT2D eigenvalue weighted by atomic mass is 10.1. The maximum Gasteiger partial charge on any atom is 0.416 e. The Balaban J connectivity index is 1.82. The highest BCUT2D eigenvalue weighted by molar-refractivity contribution is 5.96. The SMILES string of the molecule is CCCN(CC(=O)N(Cc1ccc(F)cc1)Cc1ccc(C)o1)C(=O)c1cccc(C(F)(F)F)c1. The van der Waals surface area contributed by atoms with Gasteiger partial charge in [-0.3, -0.25) is 9.59 Å². The van der Waals surface area contributed by atoms with E-state index in [9.17, 15) is 27.2 Å². The third-order valence-corrected chi connectivity index (χ3v) is 5.33.